The van der Waals surface area contributed by atoms with E-state index in [4.69, 9.17) is 18.9 Å². The Morgan fingerprint density at radius 3 is 1.91 bits per heavy atom. The maximum atomic E-state index is 12.7. The van der Waals surface area contributed by atoms with E-state index in [1.54, 1.807) is 36.4 Å². The Morgan fingerprint density at radius 2 is 1.35 bits per heavy atom. The fourth-order valence-corrected chi connectivity index (χ4v) is 3.82. The van der Waals surface area contributed by atoms with Gasteiger partial charge in [0, 0.05) is 17.5 Å². The molecule has 0 aliphatic carbocycles. The van der Waals surface area contributed by atoms with E-state index in [0.29, 0.717) is 44.4 Å². The summed E-state index contributed by atoms with van der Waals surface area (Å²) in [5.41, 5.74) is 2.08. The number of methoxy groups -OCH3 is 1. The molecule has 0 saturated heterocycles. The van der Waals surface area contributed by atoms with E-state index in [1.807, 2.05) is 30.3 Å². The zero-order valence-corrected chi connectivity index (χ0v) is 18.0. The van der Waals surface area contributed by atoms with Gasteiger partial charge in [0.15, 0.2) is 13.4 Å². The SMILES string of the molecule is COCOC(=O)COc1ccc(C2=c3cc4c(cc3OC2=O)=C(c2ccccc2)C(=O)O4)cc1. The van der Waals surface area contributed by atoms with Gasteiger partial charge in [-0.05, 0) is 35.4 Å². The molecule has 0 radical (unpaired) electrons. The molecule has 0 bridgehead atoms. The number of carbonyl (C=O) groups excluding carboxylic acids is 3. The molecule has 2 aliphatic heterocycles. The van der Waals surface area contributed by atoms with E-state index in [2.05, 4.69) is 4.74 Å². The number of carbonyl (C=O) groups is 3. The van der Waals surface area contributed by atoms with E-state index in [1.165, 1.54) is 7.11 Å². The number of rotatable bonds is 7. The average molecular weight is 458 g/mol. The molecular weight excluding hydrogens is 440 g/mol. The number of ether oxygens (including phenoxy) is 5. The van der Waals surface area contributed by atoms with Gasteiger partial charge in [0.25, 0.3) is 0 Å². The van der Waals surface area contributed by atoms with Crippen LogP contribution in [0.2, 0.25) is 0 Å². The zero-order valence-electron chi connectivity index (χ0n) is 18.0. The predicted molar refractivity (Wildman–Crippen MR) is 118 cm³/mol. The molecule has 5 rings (SSSR count). The van der Waals surface area contributed by atoms with Crippen LogP contribution in [0.1, 0.15) is 11.1 Å². The van der Waals surface area contributed by atoms with Crippen LogP contribution in [-0.4, -0.2) is 38.4 Å². The second kappa shape index (κ2) is 8.84. The predicted octanol–water partition coefficient (Wildman–Crippen LogP) is 1.45. The molecule has 0 N–H and O–H groups in total. The van der Waals surface area contributed by atoms with Crippen molar-refractivity contribution in [1.82, 2.24) is 0 Å². The smallest absolute Gasteiger partial charge is 0.346 e. The third kappa shape index (κ3) is 3.91. The lowest BCUT2D eigenvalue weighted by atomic mass is 10.0. The van der Waals surface area contributed by atoms with Crippen molar-refractivity contribution < 1.29 is 38.1 Å². The Labute approximate surface area is 193 Å². The van der Waals surface area contributed by atoms with Crippen LogP contribution in [0.25, 0.3) is 11.1 Å². The quantitative estimate of drug-likeness (QED) is 0.298. The van der Waals surface area contributed by atoms with E-state index in [9.17, 15) is 14.4 Å². The lowest BCUT2D eigenvalue weighted by molar-refractivity contribution is -0.156. The summed E-state index contributed by atoms with van der Waals surface area (Å²) in [6.45, 7) is -0.424. The first kappa shape index (κ1) is 21.4. The summed E-state index contributed by atoms with van der Waals surface area (Å²) in [5.74, 6) is -0.384. The minimum absolute atomic E-state index is 0.148. The Morgan fingerprint density at radius 1 is 0.794 bits per heavy atom. The number of hydrogen-bond donors (Lipinski definition) is 0. The fraction of sp³-hybridized carbons (Fsp3) is 0.115. The van der Waals surface area contributed by atoms with E-state index in [-0.39, 0.29) is 13.4 Å². The fourth-order valence-electron chi connectivity index (χ4n) is 3.82. The number of fused-ring (bicyclic) bond motifs is 2. The number of benzene rings is 3. The standard InChI is InChI=1S/C26H18O8/c1-30-14-32-22(27)13-31-17-9-7-16(8-10-17)24-19-12-20-18(11-21(19)34-26(24)29)23(25(28)33-20)15-5-3-2-4-6-15/h2-12H,13-14H2,1H3. The lowest BCUT2D eigenvalue weighted by Gasteiger charge is -2.07. The minimum atomic E-state index is -0.566. The molecule has 0 spiro atoms. The van der Waals surface area contributed by atoms with Gasteiger partial charge in [-0.1, -0.05) is 42.5 Å². The van der Waals surface area contributed by atoms with Gasteiger partial charge in [0.2, 0.25) is 0 Å². The van der Waals surface area contributed by atoms with Crippen LogP contribution in [0.15, 0.2) is 66.7 Å². The first-order valence-electron chi connectivity index (χ1n) is 10.4. The first-order valence-corrected chi connectivity index (χ1v) is 10.4. The summed E-state index contributed by atoms with van der Waals surface area (Å²) in [5, 5.41) is 1.11. The molecule has 3 aromatic carbocycles. The third-order valence-corrected chi connectivity index (χ3v) is 5.33. The maximum absolute atomic E-state index is 12.7. The monoisotopic (exact) mass is 458 g/mol. The summed E-state index contributed by atoms with van der Waals surface area (Å²) in [6, 6.07) is 19.1. The molecule has 0 fully saturated rings. The first-order chi connectivity index (χ1) is 16.5. The van der Waals surface area contributed by atoms with Crippen LogP contribution in [0, 0.1) is 0 Å². The van der Waals surface area contributed by atoms with E-state index >= 15 is 0 Å². The van der Waals surface area contributed by atoms with Gasteiger partial charge in [0.1, 0.15) is 17.2 Å². The Balaban J connectivity index is 1.48. The summed E-state index contributed by atoms with van der Waals surface area (Å²) in [7, 11) is 1.41. The summed E-state index contributed by atoms with van der Waals surface area (Å²) >= 11 is 0. The molecule has 2 heterocycles. The van der Waals surface area contributed by atoms with Gasteiger partial charge in [-0.2, -0.15) is 0 Å². The van der Waals surface area contributed by atoms with Gasteiger partial charge in [-0.3, -0.25) is 0 Å². The second-order valence-corrected chi connectivity index (χ2v) is 7.48. The molecule has 3 aromatic rings. The summed E-state index contributed by atoms with van der Waals surface area (Å²) < 4.78 is 25.8. The minimum Gasteiger partial charge on any atom is -0.482 e. The van der Waals surface area contributed by atoms with Crippen LogP contribution in [0.4, 0.5) is 0 Å². The Kier molecular flexibility index (Phi) is 5.57. The molecule has 0 unspecified atom stereocenters. The maximum Gasteiger partial charge on any atom is 0.346 e. The van der Waals surface area contributed by atoms with Crippen molar-refractivity contribution in [2.75, 3.05) is 20.5 Å². The van der Waals surface area contributed by atoms with Crippen LogP contribution in [0.5, 0.6) is 17.2 Å². The molecule has 2 aliphatic rings. The Bertz CT molecular complexity index is 1420. The topological polar surface area (TPSA) is 97.4 Å². The van der Waals surface area contributed by atoms with Gasteiger partial charge in [-0.25, -0.2) is 14.4 Å². The third-order valence-electron chi connectivity index (χ3n) is 5.33. The normalized spacial score (nSPS) is 13.8. The molecule has 170 valence electrons. The van der Waals surface area contributed by atoms with E-state index in [0.717, 1.165) is 5.56 Å². The van der Waals surface area contributed by atoms with Gasteiger partial charge >= 0.3 is 17.9 Å². The number of hydrogen-bond acceptors (Lipinski definition) is 8. The van der Waals surface area contributed by atoms with Gasteiger partial charge in [0.05, 0.1) is 11.1 Å². The van der Waals surface area contributed by atoms with Crippen molar-refractivity contribution in [2.45, 2.75) is 0 Å². The Hall–Kier alpha value is -4.43. The molecule has 8 nitrogen and oxygen atoms in total. The molecule has 0 atom stereocenters. The summed E-state index contributed by atoms with van der Waals surface area (Å²) in [6.07, 6.45) is 0. The van der Waals surface area contributed by atoms with Crippen LogP contribution < -0.4 is 24.6 Å². The number of esters is 3. The summed E-state index contributed by atoms with van der Waals surface area (Å²) in [4.78, 5) is 36.8. The highest BCUT2D eigenvalue weighted by Crippen LogP contribution is 2.27. The van der Waals surface area contributed by atoms with Crippen LogP contribution in [0.3, 0.4) is 0 Å². The highest BCUT2D eigenvalue weighted by Gasteiger charge is 2.30. The highest BCUT2D eigenvalue weighted by atomic mass is 16.7. The van der Waals surface area contributed by atoms with Crippen LogP contribution in [-0.2, 0) is 23.9 Å². The largest absolute Gasteiger partial charge is 0.482 e. The lowest BCUT2D eigenvalue weighted by Crippen LogP contribution is -2.16. The van der Waals surface area contributed by atoms with Gasteiger partial charge < -0.3 is 23.7 Å². The second-order valence-electron chi connectivity index (χ2n) is 7.48. The van der Waals surface area contributed by atoms with Crippen molar-refractivity contribution in [1.29, 1.82) is 0 Å². The molecule has 8 heteroatoms. The van der Waals surface area contributed by atoms with Crippen molar-refractivity contribution in [2.24, 2.45) is 0 Å². The zero-order chi connectivity index (χ0) is 23.7. The molecule has 0 aromatic heterocycles. The van der Waals surface area contributed by atoms with E-state index < -0.39 is 17.9 Å². The van der Waals surface area contributed by atoms with Gasteiger partial charge in [-0.15, -0.1) is 0 Å². The average Bonchev–Trinajstić information content (AvgIpc) is 3.34. The molecular formula is C26H18O8. The van der Waals surface area contributed by atoms with Crippen molar-refractivity contribution in [3.05, 3.63) is 88.3 Å². The highest BCUT2D eigenvalue weighted by molar-refractivity contribution is 6.21. The van der Waals surface area contributed by atoms with Crippen molar-refractivity contribution in [3.63, 3.8) is 0 Å². The molecule has 0 saturated carbocycles. The van der Waals surface area contributed by atoms with Crippen LogP contribution >= 0.6 is 0 Å². The van der Waals surface area contributed by atoms with Crippen molar-refractivity contribution in [3.8, 4) is 17.2 Å². The van der Waals surface area contributed by atoms with Crippen molar-refractivity contribution >= 4 is 29.1 Å². The molecule has 0 amide bonds. The molecule has 34 heavy (non-hydrogen) atoms.